The smallest absolute Gasteiger partial charge is 0.411 e. The van der Waals surface area contributed by atoms with Gasteiger partial charge in [0.25, 0.3) is 0 Å². The summed E-state index contributed by atoms with van der Waals surface area (Å²) >= 11 is 0. The minimum atomic E-state index is -0.473. The van der Waals surface area contributed by atoms with Crippen molar-refractivity contribution in [3.63, 3.8) is 0 Å². The van der Waals surface area contributed by atoms with Crippen LogP contribution in [-0.4, -0.2) is 18.0 Å². The number of nitrogens with one attached hydrogen (secondary N) is 1. The van der Waals surface area contributed by atoms with Crippen LogP contribution in [0.1, 0.15) is 67.2 Å². The first-order valence-corrected chi connectivity index (χ1v) is 9.13. The molecule has 0 radical (unpaired) electrons. The topological polar surface area (TPSA) is 55.4 Å². The van der Waals surface area contributed by atoms with Crippen molar-refractivity contribution in [2.24, 2.45) is 11.3 Å². The van der Waals surface area contributed by atoms with Crippen molar-refractivity contribution in [2.45, 2.75) is 73.3 Å². The first-order valence-electron chi connectivity index (χ1n) is 9.13. The van der Waals surface area contributed by atoms with Gasteiger partial charge in [-0.3, -0.25) is 10.1 Å². The van der Waals surface area contributed by atoms with Crippen LogP contribution in [0.4, 0.5) is 4.79 Å². The van der Waals surface area contributed by atoms with Crippen LogP contribution in [0.15, 0.2) is 34.6 Å². The highest BCUT2D eigenvalue weighted by molar-refractivity contribution is 6.02. The maximum absolute atomic E-state index is 12.9. The molecule has 2 fully saturated rings. The Hall–Kier alpha value is -1.84. The second-order valence-electron chi connectivity index (χ2n) is 8.56. The van der Waals surface area contributed by atoms with E-state index in [9.17, 15) is 9.59 Å². The van der Waals surface area contributed by atoms with Gasteiger partial charge < -0.3 is 4.74 Å². The Balaban J connectivity index is 2.45. The van der Waals surface area contributed by atoms with Crippen LogP contribution in [0.5, 0.6) is 0 Å². The second-order valence-corrected chi connectivity index (χ2v) is 8.56. The Morgan fingerprint density at radius 1 is 1.24 bits per heavy atom. The number of ketones is 1. The van der Waals surface area contributed by atoms with E-state index in [0.29, 0.717) is 12.3 Å². The van der Waals surface area contributed by atoms with Crippen molar-refractivity contribution in [2.75, 3.05) is 0 Å². The van der Waals surface area contributed by atoms with Crippen LogP contribution < -0.4 is 5.32 Å². The van der Waals surface area contributed by atoms with Crippen molar-refractivity contribution >= 4 is 11.9 Å². The Morgan fingerprint density at radius 2 is 1.84 bits per heavy atom. The normalized spacial score (nSPS) is 21.9. The molecule has 1 amide bonds. The maximum atomic E-state index is 12.9. The van der Waals surface area contributed by atoms with Crippen molar-refractivity contribution in [3.05, 3.63) is 34.6 Å². The van der Waals surface area contributed by atoms with Gasteiger partial charge in [0.15, 0.2) is 5.78 Å². The third-order valence-electron chi connectivity index (χ3n) is 4.56. The summed E-state index contributed by atoms with van der Waals surface area (Å²) in [5.74, 6) is 0.460. The fraction of sp³-hybridized carbons (Fsp3) is 0.619. The highest BCUT2D eigenvalue weighted by Crippen LogP contribution is 2.47. The Labute approximate surface area is 151 Å². The molecule has 2 rings (SSSR count). The van der Waals surface area contributed by atoms with Crippen molar-refractivity contribution < 1.29 is 14.3 Å². The number of Topliss-reactive ketones (excluding diaryl/α,β-unsaturated/α-hetero) is 1. The molecule has 138 valence electrons. The van der Waals surface area contributed by atoms with Crippen LogP contribution in [0.25, 0.3) is 0 Å². The highest BCUT2D eigenvalue weighted by Gasteiger charge is 2.39. The van der Waals surface area contributed by atoms with E-state index in [1.165, 1.54) is 0 Å². The molecule has 0 aromatic rings. The van der Waals surface area contributed by atoms with Crippen LogP contribution in [0, 0.1) is 11.3 Å². The van der Waals surface area contributed by atoms with Crippen LogP contribution in [0.2, 0.25) is 0 Å². The van der Waals surface area contributed by atoms with E-state index >= 15 is 0 Å². The summed E-state index contributed by atoms with van der Waals surface area (Å²) in [7, 11) is 0. The number of hydrogen-bond donors (Lipinski definition) is 1. The molecule has 0 aliphatic heterocycles. The molecule has 2 aliphatic carbocycles. The van der Waals surface area contributed by atoms with Gasteiger partial charge in [0, 0.05) is 17.7 Å². The molecule has 0 spiro atoms. The molecule has 2 aliphatic rings. The van der Waals surface area contributed by atoms with E-state index < -0.39 is 6.09 Å². The summed E-state index contributed by atoms with van der Waals surface area (Å²) < 4.78 is 5.24. The first kappa shape index (κ1) is 19.5. The molecular weight excluding hydrogens is 314 g/mol. The minimum absolute atomic E-state index is 0.0541. The number of ether oxygens (including phenoxy) is 1. The third kappa shape index (κ3) is 4.83. The molecule has 4 nitrogen and oxygen atoms in total. The molecule has 0 unspecified atom stereocenters. The van der Waals surface area contributed by atoms with Crippen LogP contribution >= 0.6 is 0 Å². The fourth-order valence-electron chi connectivity index (χ4n) is 3.50. The lowest BCUT2D eigenvalue weighted by atomic mass is 9.70. The summed E-state index contributed by atoms with van der Waals surface area (Å²) in [6, 6.07) is 0. The number of allylic oxidation sites excluding steroid dienone is 4. The Morgan fingerprint density at radius 3 is 2.28 bits per heavy atom. The van der Waals surface area contributed by atoms with E-state index in [1.54, 1.807) is 0 Å². The highest BCUT2D eigenvalue weighted by atomic mass is 16.6. The van der Waals surface area contributed by atoms with Crippen LogP contribution in [-0.2, 0) is 9.53 Å². The molecule has 0 atom stereocenters. The van der Waals surface area contributed by atoms with E-state index in [4.69, 9.17) is 4.74 Å². The second kappa shape index (κ2) is 7.19. The van der Waals surface area contributed by atoms with Gasteiger partial charge in [-0.2, -0.15) is 0 Å². The third-order valence-corrected chi connectivity index (χ3v) is 4.56. The van der Waals surface area contributed by atoms with Gasteiger partial charge in [-0.1, -0.05) is 26.0 Å². The lowest BCUT2D eigenvalue weighted by Crippen LogP contribution is -2.32. The summed E-state index contributed by atoms with van der Waals surface area (Å²) in [6.45, 7) is 15.9. The van der Waals surface area contributed by atoms with Gasteiger partial charge in [-0.05, 0) is 69.4 Å². The lowest BCUT2D eigenvalue weighted by molar-refractivity contribution is -0.118. The molecule has 0 aromatic carbocycles. The number of hydrogen-bond acceptors (Lipinski definition) is 3. The minimum Gasteiger partial charge on any atom is -0.447 e. The number of rotatable bonds is 4. The number of carbonyl (C=O) groups excluding carboxylic acids is 2. The van der Waals surface area contributed by atoms with E-state index in [1.807, 2.05) is 27.7 Å². The predicted octanol–water partition coefficient (Wildman–Crippen LogP) is 5.07. The molecular formula is C21H31NO3. The quantitative estimate of drug-likeness (QED) is 0.724. The molecule has 25 heavy (non-hydrogen) atoms. The van der Waals surface area contributed by atoms with Gasteiger partial charge >= 0.3 is 6.09 Å². The van der Waals surface area contributed by atoms with E-state index in [-0.39, 0.29) is 17.3 Å². The largest absolute Gasteiger partial charge is 0.447 e. The zero-order chi connectivity index (χ0) is 18.9. The number of carbonyl (C=O) groups is 2. The summed E-state index contributed by atoms with van der Waals surface area (Å²) in [5.41, 5.74) is 4.24. The summed E-state index contributed by atoms with van der Waals surface area (Å²) in [6.07, 6.45) is 2.74. The van der Waals surface area contributed by atoms with E-state index in [2.05, 4.69) is 25.7 Å². The molecule has 0 saturated heterocycles. The fourth-order valence-corrected chi connectivity index (χ4v) is 3.50. The number of amides is 1. The van der Waals surface area contributed by atoms with Gasteiger partial charge in [0.1, 0.15) is 0 Å². The molecule has 4 heteroatoms. The van der Waals surface area contributed by atoms with Gasteiger partial charge in [-0.25, -0.2) is 4.79 Å². The van der Waals surface area contributed by atoms with Crippen molar-refractivity contribution in [1.82, 2.24) is 5.32 Å². The van der Waals surface area contributed by atoms with Crippen molar-refractivity contribution in [3.8, 4) is 0 Å². The van der Waals surface area contributed by atoms with Gasteiger partial charge in [0.05, 0.1) is 6.10 Å². The first-order chi connectivity index (χ1) is 11.5. The molecule has 0 heterocycles. The van der Waals surface area contributed by atoms with Crippen LogP contribution in [0.3, 0.4) is 0 Å². The average molecular weight is 345 g/mol. The molecule has 1 N–H and O–H groups in total. The molecule has 0 bridgehead atoms. The number of alkyl carbamates (subject to hydrolysis) is 1. The Bertz CT molecular complexity index is 635. The lowest BCUT2D eigenvalue weighted by Gasteiger charge is -2.33. The monoisotopic (exact) mass is 345 g/mol. The van der Waals surface area contributed by atoms with E-state index in [0.717, 1.165) is 47.3 Å². The Kier molecular flexibility index (Phi) is 5.60. The summed E-state index contributed by atoms with van der Waals surface area (Å²) in [5, 5.41) is 2.90. The molecule has 2 saturated carbocycles. The van der Waals surface area contributed by atoms with Gasteiger partial charge in [0.2, 0.25) is 0 Å². The zero-order valence-corrected chi connectivity index (χ0v) is 16.4. The standard InChI is InChI=1S/C21H31NO3/c1-12(2)19(22-20(24)25-13(3)4)18(15-8-9-15)17-14(5)10-21(6,7)11-16(17)23/h13,15H,5,8-11H2,1-4,6-7H3,(H,22,24)/b18-17+. The zero-order valence-electron chi connectivity index (χ0n) is 16.4. The maximum Gasteiger partial charge on any atom is 0.411 e. The SMILES string of the molecule is C=C1CC(C)(C)CC(=O)/C1=C(/C(NC(=O)OC(C)C)=C(C)C)C1CC1. The summed E-state index contributed by atoms with van der Waals surface area (Å²) in [4.78, 5) is 25.1. The molecule has 0 aromatic heterocycles. The van der Waals surface area contributed by atoms with Gasteiger partial charge in [-0.15, -0.1) is 0 Å². The van der Waals surface area contributed by atoms with Crippen molar-refractivity contribution in [1.29, 1.82) is 0 Å². The average Bonchev–Trinajstić information content (AvgIpc) is 3.22. The predicted molar refractivity (Wildman–Crippen MR) is 100 cm³/mol.